The van der Waals surface area contributed by atoms with Gasteiger partial charge in [0.25, 0.3) is 0 Å². The zero-order chi connectivity index (χ0) is 24.9. The van der Waals surface area contributed by atoms with Crippen molar-refractivity contribution >= 4 is 43.9 Å². The van der Waals surface area contributed by atoms with Gasteiger partial charge in [-0.25, -0.2) is 8.42 Å². The summed E-state index contributed by atoms with van der Waals surface area (Å²) in [5.41, 5.74) is -0.898. The predicted molar refractivity (Wildman–Crippen MR) is 121 cm³/mol. The van der Waals surface area contributed by atoms with E-state index < -0.39 is 38.0 Å². The molecule has 0 aliphatic heterocycles. The maximum atomic E-state index is 12.8. The highest BCUT2D eigenvalue weighted by Gasteiger charge is 2.48. The first-order valence-corrected chi connectivity index (χ1v) is 12.0. The number of hydrogen-bond donors (Lipinski definition) is 4. The molecule has 0 atom stereocenters. The number of ether oxygens (including phenoxy) is 2. The Kier molecular flexibility index (Phi) is 9.53. The van der Waals surface area contributed by atoms with Gasteiger partial charge in [-0.05, 0) is 48.2 Å². The maximum Gasteiger partial charge on any atom is 0.357 e. The number of rotatable bonds is 10. The van der Waals surface area contributed by atoms with E-state index in [0.717, 1.165) is 14.2 Å². The zero-order valence-corrected chi connectivity index (χ0v) is 20.1. The molecule has 0 fully saturated rings. The minimum Gasteiger partial charge on any atom is -0.731 e. The summed E-state index contributed by atoms with van der Waals surface area (Å²) in [5, 5.41) is 0. The molecule has 0 bridgehead atoms. The van der Waals surface area contributed by atoms with Crippen LogP contribution in [0.15, 0.2) is 48.5 Å². The molecule has 0 amide bonds. The lowest BCUT2D eigenvalue weighted by molar-refractivity contribution is -0.169. The van der Waals surface area contributed by atoms with E-state index in [1.165, 1.54) is 48.5 Å². The molecule has 0 spiro atoms. The molecule has 2 aromatic rings. The van der Waals surface area contributed by atoms with Crippen molar-refractivity contribution < 1.29 is 45.0 Å². The topological polar surface area (TPSA) is 225 Å². The molecule has 0 aliphatic rings. The number of benzene rings is 2. The molecule has 0 unspecified atom stereocenters. The highest BCUT2D eigenvalue weighted by atomic mass is 32.2. The standard InChI is InChI=1S/C19H22N2O10S2.H3N/c1-30-17(22)19(18(23)31-2,11-13-3-7-15(8-4-13)20-32(24,25)26)12-14-5-9-16(10-6-14)21-33(27,28)29;/h3-10,20-21H,11-12H2,1-2H3,(H,24,25,26)(H,27,28,29);1H3. The van der Waals surface area contributed by atoms with Crippen LogP contribution >= 0.6 is 0 Å². The van der Waals surface area contributed by atoms with E-state index in [1.807, 2.05) is 4.72 Å². The van der Waals surface area contributed by atoms with Gasteiger partial charge < -0.3 is 20.2 Å². The van der Waals surface area contributed by atoms with Gasteiger partial charge in [0.1, 0.15) is 0 Å². The van der Waals surface area contributed by atoms with Crippen molar-refractivity contribution in [2.45, 2.75) is 12.8 Å². The summed E-state index contributed by atoms with van der Waals surface area (Å²) in [4.78, 5) is 25.5. The molecule has 0 heterocycles. The van der Waals surface area contributed by atoms with Gasteiger partial charge in [-0.15, -0.1) is 0 Å². The average molecular weight is 520 g/mol. The Labute approximate surface area is 196 Å². The summed E-state index contributed by atoms with van der Waals surface area (Å²) < 4.78 is 76.6. The second-order valence-corrected chi connectivity index (χ2v) is 9.21. The van der Waals surface area contributed by atoms with E-state index in [9.17, 15) is 31.0 Å². The number of esters is 2. The molecule has 0 radical (unpaired) electrons. The third-order valence-electron chi connectivity index (χ3n) is 4.56. The summed E-state index contributed by atoms with van der Waals surface area (Å²) in [6.07, 6.45) is -0.380. The second kappa shape index (κ2) is 11.3. The summed E-state index contributed by atoms with van der Waals surface area (Å²) >= 11 is 0. The first-order chi connectivity index (χ1) is 15.3. The lowest BCUT2D eigenvalue weighted by Gasteiger charge is -2.28. The molecular formula is C19H25N3O10S2. The van der Waals surface area contributed by atoms with Crippen LogP contribution in [0.4, 0.5) is 11.4 Å². The van der Waals surface area contributed by atoms with Crippen LogP contribution in [0.3, 0.4) is 0 Å². The third-order valence-corrected chi connectivity index (χ3v) is 5.54. The minimum atomic E-state index is -4.72. The van der Waals surface area contributed by atoms with Crippen LogP contribution in [0.5, 0.6) is 0 Å². The lowest BCUT2D eigenvalue weighted by Crippen LogP contribution is -2.45. The number of anilines is 2. The van der Waals surface area contributed by atoms with Crippen LogP contribution in [0.25, 0.3) is 0 Å². The fraction of sp³-hybridized carbons (Fsp3) is 0.263. The zero-order valence-electron chi connectivity index (χ0n) is 18.5. The Morgan fingerprint density at radius 3 is 1.47 bits per heavy atom. The van der Waals surface area contributed by atoms with Crippen molar-refractivity contribution in [3.8, 4) is 0 Å². The van der Waals surface area contributed by atoms with Crippen LogP contribution in [-0.4, -0.2) is 52.1 Å². The Morgan fingerprint density at radius 2 is 1.18 bits per heavy atom. The highest BCUT2D eigenvalue weighted by molar-refractivity contribution is 7.87. The minimum absolute atomic E-state index is 0. The van der Waals surface area contributed by atoms with Gasteiger partial charge in [0, 0.05) is 5.69 Å². The molecule has 2 rings (SSSR count). The van der Waals surface area contributed by atoms with E-state index in [0.29, 0.717) is 11.1 Å². The molecule has 2 aromatic carbocycles. The fourth-order valence-electron chi connectivity index (χ4n) is 3.20. The van der Waals surface area contributed by atoms with Gasteiger partial charge in [0.05, 0.1) is 19.9 Å². The van der Waals surface area contributed by atoms with Crippen molar-refractivity contribution in [1.82, 2.24) is 6.15 Å². The number of nitrogens with one attached hydrogen (secondary N) is 2. The SMILES string of the molecule is COC(=O)C(Cc1ccc(NS(=O)(=O)[O-])cc1)(Cc1ccc(NS(=O)(=O)O)cc1)C(=O)OC.[NH4+]. The molecule has 7 N–H and O–H groups in total. The second-order valence-electron chi connectivity index (χ2n) is 6.95. The van der Waals surface area contributed by atoms with Crippen molar-refractivity contribution in [2.24, 2.45) is 5.41 Å². The van der Waals surface area contributed by atoms with Crippen LogP contribution in [-0.2, 0) is 52.5 Å². The number of carbonyl (C=O) groups is 2. The maximum absolute atomic E-state index is 12.8. The van der Waals surface area contributed by atoms with E-state index in [-0.39, 0.29) is 30.4 Å². The van der Waals surface area contributed by atoms with Gasteiger partial charge in [-0.2, -0.15) is 8.42 Å². The Balaban J connectivity index is 0.00000578. The molecule has 0 saturated heterocycles. The molecule has 0 aromatic heterocycles. The number of hydrogen-bond acceptors (Lipinski definition) is 9. The number of methoxy groups -OCH3 is 2. The van der Waals surface area contributed by atoms with E-state index in [1.54, 1.807) is 4.72 Å². The summed E-state index contributed by atoms with van der Waals surface area (Å²) in [5.74, 6) is -1.78. The molecule has 0 saturated carbocycles. The van der Waals surface area contributed by atoms with Crippen molar-refractivity contribution in [3.05, 3.63) is 59.7 Å². The van der Waals surface area contributed by atoms with E-state index >= 15 is 0 Å². The summed E-state index contributed by atoms with van der Waals surface area (Å²) in [6, 6.07) is 11.0. The molecule has 15 heteroatoms. The molecular weight excluding hydrogens is 494 g/mol. The van der Waals surface area contributed by atoms with Gasteiger partial charge in [-0.3, -0.25) is 23.6 Å². The van der Waals surface area contributed by atoms with Crippen molar-refractivity contribution in [1.29, 1.82) is 0 Å². The van der Waals surface area contributed by atoms with E-state index in [2.05, 4.69) is 0 Å². The summed E-state index contributed by atoms with van der Waals surface area (Å²) in [7, 11) is -6.99. The Morgan fingerprint density at radius 1 is 0.824 bits per heavy atom. The van der Waals surface area contributed by atoms with Crippen molar-refractivity contribution in [3.63, 3.8) is 0 Å². The third kappa shape index (κ3) is 7.96. The number of carbonyl (C=O) groups excluding carboxylic acids is 2. The van der Waals surface area contributed by atoms with Crippen LogP contribution < -0.4 is 15.6 Å². The van der Waals surface area contributed by atoms with Gasteiger partial charge in [0.15, 0.2) is 15.7 Å². The lowest BCUT2D eigenvalue weighted by atomic mass is 9.76. The van der Waals surface area contributed by atoms with Crippen LogP contribution in [0, 0.1) is 5.41 Å². The molecule has 188 valence electrons. The molecule has 0 aliphatic carbocycles. The smallest absolute Gasteiger partial charge is 0.357 e. The Hall–Kier alpha value is -3.24. The normalized spacial score (nSPS) is 11.6. The largest absolute Gasteiger partial charge is 0.731 e. The quantitative estimate of drug-likeness (QED) is 0.200. The van der Waals surface area contributed by atoms with Crippen molar-refractivity contribution in [2.75, 3.05) is 23.7 Å². The molecule has 34 heavy (non-hydrogen) atoms. The average Bonchev–Trinajstić information content (AvgIpc) is 2.72. The van der Waals surface area contributed by atoms with E-state index in [4.69, 9.17) is 14.0 Å². The first-order valence-electron chi connectivity index (χ1n) is 9.11. The predicted octanol–water partition coefficient (Wildman–Crippen LogP) is 1.27. The summed E-state index contributed by atoms with van der Waals surface area (Å²) in [6.45, 7) is 0. The molecule has 13 nitrogen and oxygen atoms in total. The van der Waals surface area contributed by atoms with Gasteiger partial charge in [-0.1, -0.05) is 24.3 Å². The highest BCUT2D eigenvalue weighted by Crippen LogP contribution is 2.32. The first kappa shape index (κ1) is 28.8. The van der Waals surface area contributed by atoms with Crippen LogP contribution in [0.2, 0.25) is 0 Å². The monoisotopic (exact) mass is 519 g/mol. The Bertz CT molecular complexity index is 1110. The van der Waals surface area contributed by atoms with Crippen LogP contribution in [0.1, 0.15) is 11.1 Å². The van der Waals surface area contributed by atoms with Gasteiger partial charge >= 0.3 is 22.2 Å². The van der Waals surface area contributed by atoms with Gasteiger partial charge in [0.2, 0.25) is 0 Å². The fourth-order valence-corrected chi connectivity index (χ4v) is 4.06. The number of quaternary nitrogens is 1.